The van der Waals surface area contributed by atoms with Gasteiger partial charge in [0.15, 0.2) is 0 Å². The van der Waals surface area contributed by atoms with E-state index in [1.807, 2.05) is 6.92 Å². The molecular weight excluding hydrogens is 222 g/mol. The zero-order valence-corrected chi connectivity index (χ0v) is 9.99. The molecule has 0 saturated carbocycles. The van der Waals surface area contributed by atoms with Crippen molar-refractivity contribution in [3.63, 3.8) is 0 Å². The lowest BCUT2D eigenvalue weighted by Crippen LogP contribution is -2.30. The molecule has 0 bridgehead atoms. The van der Waals surface area contributed by atoms with Crippen molar-refractivity contribution < 1.29 is 9.59 Å². The van der Waals surface area contributed by atoms with E-state index in [0.717, 1.165) is 0 Å². The Labute approximate surface area is 99.4 Å². The number of hydrogen-bond donors (Lipinski definition) is 3. The van der Waals surface area contributed by atoms with E-state index >= 15 is 0 Å². The van der Waals surface area contributed by atoms with Gasteiger partial charge in [0.05, 0.1) is 6.20 Å². The van der Waals surface area contributed by atoms with Crippen molar-refractivity contribution in [1.82, 2.24) is 20.4 Å². The molecule has 0 aliphatic carbocycles. The molecule has 0 spiro atoms. The Balaban J connectivity index is 2.40. The maximum Gasteiger partial charge on any atom is 0.256 e. The summed E-state index contributed by atoms with van der Waals surface area (Å²) in [6.45, 7) is 2.70. The van der Waals surface area contributed by atoms with E-state index in [0.29, 0.717) is 17.9 Å². The maximum atomic E-state index is 11.6. The van der Waals surface area contributed by atoms with Gasteiger partial charge in [0.2, 0.25) is 5.91 Å². The molecule has 0 fully saturated rings. The summed E-state index contributed by atoms with van der Waals surface area (Å²) in [4.78, 5) is 22.8. The third kappa shape index (κ3) is 3.47. The number of aromatic nitrogens is 2. The first kappa shape index (κ1) is 13.0. The van der Waals surface area contributed by atoms with Crippen molar-refractivity contribution in [2.45, 2.75) is 13.3 Å². The van der Waals surface area contributed by atoms with E-state index in [-0.39, 0.29) is 24.8 Å². The van der Waals surface area contributed by atoms with Gasteiger partial charge in [-0.3, -0.25) is 14.3 Å². The van der Waals surface area contributed by atoms with Crippen LogP contribution in [0.2, 0.25) is 0 Å². The van der Waals surface area contributed by atoms with E-state index in [1.165, 1.54) is 10.9 Å². The van der Waals surface area contributed by atoms with Gasteiger partial charge in [0, 0.05) is 26.6 Å². The predicted octanol–water partition coefficient (Wildman–Crippen LogP) is -0.742. The van der Waals surface area contributed by atoms with E-state index in [2.05, 4.69) is 15.7 Å². The summed E-state index contributed by atoms with van der Waals surface area (Å²) in [5.74, 6) is -0.104. The molecule has 94 valence electrons. The van der Waals surface area contributed by atoms with Crippen molar-refractivity contribution >= 4 is 17.6 Å². The summed E-state index contributed by atoms with van der Waals surface area (Å²) < 4.78 is 1.42. The molecule has 0 unspecified atom stereocenters. The van der Waals surface area contributed by atoms with Crippen LogP contribution in [0.25, 0.3) is 0 Å². The van der Waals surface area contributed by atoms with Gasteiger partial charge in [0.1, 0.15) is 11.4 Å². The van der Waals surface area contributed by atoms with Crippen LogP contribution in [-0.4, -0.2) is 34.7 Å². The molecule has 0 radical (unpaired) electrons. The Bertz CT molecular complexity index is 413. The fraction of sp³-hybridized carbons (Fsp3) is 0.500. The van der Waals surface area contributed by atoms with Gasteiger partial charge in [-0.25, -0.2) is 0 Å². The zero-order valence-electron chi connectivity index (χ0n) is 9.99. The number of nitrogens with one attached hydrogen (secondary N) is 2. The summed E-state index contributed by atoms with van der Waals surface area (Å²) in [5.41, 5.74) is 5.97. The summed E-state index contributed by atoms with van der Waals surface area (Å²) in [6, 6.07) is 0. The van der Waals surface area contributed by atoms with Crippen molar-refractivity contribution in [1.29, 1.82) is 0 Å². The Morgan fingerprint density at radius 2 is 2.18 bits per heavy atom. The first-order valence-electron chi connectivity index (χ1n) is 5.38. The molecule has 1 aromatic rings. The van der Waals surface area contributed by atoms with Gasteiger partial charge in [-0.15, -0.1) is 0 Å². The average molecular weight is 239 g/mol. The topological polar surface area (TPSA) is 102 Å². The summed E-state index contributed by atoms with van der Waals surface area (Å²) in [5, 5.41) is 9.11. The maximum absolute atomic E-state index is 11.6. The number of nitrogen functional groups attached to an aromatic ring is 1. The number of carbonyl (C=O) groups excluding carboxylic acids is 2. The zero-order chi connectivity index (χ0) is 12.8. The molecule has 0 atom stereocenters. The van der Waals surface area contributed by atoms with Crippen LogP contribution in [0.3, 0.4) is 0 Å². The van der Waals surface area contributed by atoms with Crippen LogP contribution in [0.15, 0.2) is 6.20 Å². The second-order valence-corrected chi connectivity index (χ2v) is 3.53. The number of amides is 2. The Morgan fingerprint density at radius 3 is 2.71 bits per heavy atom. The Morgan fingerprint density at radius 1 is 1.47 bits per heavy atom. The van der Waals surface area contributed by atoms with Crippen LogP contribution >= 0.6 is 0 Å². The smallest absolute Gasteiger partial charge is 0.256 e. The Kier molecular flexibility index (Phi) is 4.50. The van der Waals surface area contributed by atoms with Crippen molar-refractivity contribution in [3.8, 4) is 0 Å². The molecule has 0 saturated heterocycles. The van der Waals surface area contributed by atoms with Crippen LogP contribution in [0.5, 0.6) is 0 Å². The minimum Gasteiger partial charge on any atom is -0.383 e. The number of aryl methyl sites for hydroxylation is 1. The monoisotopic (exact) mass is 239 g/mol. The second-order valence-electron chi connectivity index (χ2n) is 3.53. The highest BCUT2D eigenvalue weighted by Crippen LogP contribution is 2.08. The lowest BCUT2D eigenvalue weighted by Gasteiger charge is -2.04. The quantitative estimate of drug-likeness (QED) is 0.629. The third-order valence-corrected chi connectivity index (χ3v) is 2.24. The number of carbonyl (C=O) groups is 2. The summed E-state index contributed by atoms with van der Waals surface area (Å²) in [7, 11) is 1.65. The molecule has 0 aliphatic rings. The van der Waals surface area contributed by atoms with E-state index in [4.69, 9.17) is 5.73 Å². The highest BCUT2D eigenvalue weighted by atomic mass is 16.2. The van der Waals surface area contributed by atoms with Crippen molar-refractivity contribution in [2.75, 3.05) is 18.8 Å². The molecule has 1 heterocycles. The van der Waals surface area contributed by atoms with Crippen molar-refractivity contribution in [3.05, 3.63) is 11.8 Å². The van der Waals surface area contributed by atoms with Gasteiger partial charge >= 0.3 is 0 Å². The molecule has 2 amide bonds. The van der Waals surface area contributed by atoms with Crippen LogP contribution < -0.4 is 16.4 Å². The summed E-state index contributed by atoms with van der Waals surface area (Å²) in [6.07, 6.45) is 1.65. The second kappa shape index (κ2) is 5.88. The standard InChI is InChI=1S/C10H17N5O2/c1-3-12-8(16)4-5-13-10(17)7-6-14-15(2)9(7)11/h6H,3-5,11H2,1-2H3,(H,12,16)(H,13,17). The Hall–Kier alpha value is -2.05. The molecule has 7 nitrogen and oxygen atoms in total. The van der Waals surface area contributed by atoms with Crippen LogP contribution in [-0.2, 0) is 11.8 Å². The molecule has 7 heteroatoms. The van der Waals surface area contributed by atoms with E-state index in [1.54, 1.807) is 7.05 Å². The van der Waals surface area contributed by atoms with Gasteiger partial charge in [0.25, 0.3) is 5.91 Å². The lowest BCUT2D eigenvalue weighted by molar-refractivity contribution is -0.120. The van der Waals surface area contributed by atoms with E-state index in [9.17, 15) is 9.59 Å². The number of hydrogen-bond acceptors (Lipinski definition) is 4. The van der Waals surface area contributed by atoms with Gasteiger partial charge in [-0.05, 0) is 6.92 Å². The average Bonchev–Trinajstić information content (AvgIpc) is 2.60. The molecule has 4 N–H and O–H groups in total. The summed E-state index contributed by atoms with van der Waals surface area (Å²) >= 11 is 0. The normalized spacial score (nSPS) is 10.0. The number of nitrogens with two attached hydrogens (primary N) is 1. The molecule has 1 rings (SSSR count). The molecule has 17 heavy (non-hydrogen) atoms. The molecule has 0 aliphatic heterocycles. The minimum atomic E-state index is -0.320. The number of rotatable bonds is 5. The highest BCUT2D eigenvalue weighted by Gasteiger charge is 2.13. The van der Waals surface area contributed by atoms with E-state index < -0.39 is 0 Å². The SMILES string of the molecule is CCNC(=O)CCNC(=O)c1cnn(C)c1N. The molecule has 1 aromatic heterocycles. The largest absolute Gasteiger partial charge is 0.383 e. The number of anilines is 1. The van der Waals surface area contributed by atoms with Crippen molar-refractivity contribution in [2.24, 2.45) is 7.05 Å². The fourth-order valence-corrected chi connectivity index (χ4v) is 1.29. The van der Waals surface area contributed by atoms with Crippen LogP contribution in [0.1, 0.15) is 23.7 Å². The van der Waals surface area contributed by atoms with Crippen LogP contribution in [0.4, 0.5) is 5.82 Å². The van der Waals surface area contributed by atoms with Crippen LogP contribution in [0, 0.1) is 0 Å². The lowest BCUT2D eigenvalue weighted by atomic mass is 10.3. The minimum absolute atomic E-state index is 0.0908. The molecule has 0 aromatic carbocycles. The van der Waals surface area contributed by atoms with Gasteiger partial charge < -0.3 is 16.4 Å². The highest BCUT2D eigenvalue weighted by molar-refractivity contribution is 5.98. The third-order valence-electron chi connectivity index (χ3n) is 2.24. The number of nitrogens with zero attached hydrogens (tertiary/aromatic N) is 2. The van der Waals surface area contributed by atoms with Gasteiger partial charge in [-0.2, -0.15) is 5.10 Å². The fourth-order valence-electron chi connectivity index (χ4n) is 1.29. The first-order chi connectivity index (χ1) is 8.06. The van der Waals surface area contributed by atoms with Gasteiger partial charge in [-0.1, -0.05) is 0 Å². The first-order valence-corrected chi connectivity index (χ1v) is 5.38. The predicted molar refractivity (Wildman–Crippen MR) is 63.3 cm³/mol. The molecular formula is C10H17N5O2.